The van der Waals surface area contributed by atoms with E-state index in [9.17, 15) is 4.79 Å². The molecule has 0 fully saturated rings. The molecule has 4 rings (SSSR count). The summed E-state index contributed by atoms with van der Waals surface area (Å²) < 4.78 is 6.47. The summed E-state index contributed by atoms with van der Waals surface area (Å²) in [5, 5.41) is 16.0. The number of fused-ring (bicyclic) bond motifs is 1. The maximum absolute atomic E-state index is 11.0. The average Bonchev–Trinajstić information content (AvgIpc) is 2.79. The minimum Gasteiger partial charge on any atom is -0.481 e. The van der Waals surface area contributed by atoms with Gasteiger partial charge in [0, 0.05) is 18.7 Å². The maximum Gasteiger partial charge on any atom is 0.307 e. The van der Waals surface area contributed by atoms with Gasteiger partial charge in [0.25, 0.3) is 0 Å². The zero-order valence-electron chi connectivity index (χ0n) is 17.5. The van der Waals surface area contributed by atoms with E-state index < -0.39 is 5.97 Å². The number of ether oxygens (including phenoxy) is 1. The number of hydrogen-bond donors (Lipinski definition) is 3. The minimum absolute atomic E-state index is 0.0235. The van der Waals surface area contributed by atoms with Crippen LogP contribution in [0.15, 0.2) is 72.9 Å². The summed E-state index contributed by atoms with van der Waals surface area (Å²) in [6, 6.07) is 21.9. The smallest absolute Gasteiger partial charge is 0.307 e. The fourth-order valence-electron chi connectivity index (χ4n) is 3.91. The van der Waals surface area contributed by atoms with E-state index in [1.807, 2.05) is 54.6 Å². The van der Waals surface area contributed by atoms with Crippen molar-refractivity contribution in [3.63, 3.8) is 0 Å². The van der Waals surface area contributed by atoms with Crippen molar-refractivity contribution in [2.75, 3.05) is 23.8 Å². The molecule has 0 radical (unpaired) electrons. The lowest BCUT2D eigenvalue weighted by atomic mass is 9.97. The Labute approximate surface area is 182 Å². The molecular formula is C25H27N3O3. The van der Waals surface area contributed by atoms with Crippen LogP contribution in [0.1, 0.15) is 35.6 Å². The molecule has 2 heterocycles. The number of nitrogens with zero attached hydrogens (tertiary/aromatic N) is 1. The normalized spacial score (nSPS) is 17.0. The highest BCUT2D eigenvalue weighted by Crippen LogP contribution is 2.31. The summed E-state index contributed by atoms with van der Waals surface area (Å²) >= 11 is 0. The number of carboxylic acids is 1. The third-order valence-corrected chi connectivity index (χ3v) is 5.54. The largest absolute Gasteiger partial charge is 0.481 e. The van der Waals surface area contributed by atoms with Crippen molar-refractivity contribution in [3.8, 4) is 0 Å². The third-order valence-electron chi connectivity index (χ3n) is 5.54. The lowest BCUT2D eigenvalue weighted by molar-refractivity contribution is -0.136. The molecule has 0 bridgehead atoms. The first kappa shape index (κ1) is 20.9. The maximum atomic E-state index is 11.0. The Kier molecular flexibility index (Phi) is 6.48. The number of aromatic nitrogens is 1. The number of nitrogens with one attached hydrogen (secondary N) is 2. The summed E-state index contributed by atoms with van der Waals surface area (Å²) in [7, 11) is 0. The molecule has 6 heteroatoms. The van der Waals surface area contributed by atoms with Crippen molar-refractivity contribution in [1.82, 2.24) is 4.98 Å². The number of aliphatic carboxylic acids is 1. The lowest BCUT2D eigenvalue weighted by Gasteiger charge is -2.34. The lowest BCUT2D eigenvalue weighted by Crippen LogP contribution is -2.39. The number of hydrogen-bond acceptors (Lipinski definition) is 5. The van der Waals surface area contributed by atoms with Gasteiger partial charge in [0.1, 0.15) is 11.9 Å². The second-order valence-corrected chi connectivity index (χ2v) is 7.91. The highest BCUT2D eigenvalue weighted by molar-refractivity contribution is 5.70. The molecule has 0 unspecified atom stereocenters. The van der Waals surface area contributed by atoms with E-state index >= 15 is 0 Å². The van der Waals surface area contributed by atoms with Gasteiger partial charge in [0.15, 0.2) is 0 Å². The number of pyridine rings is 1. The molecule has 1 aliphatic rings. The van der Waals surface area contributed by atoms with Gasteiger partial charge < -0.3 is 20.5 Å². The molecule has 0 aliphatic carbocycles. The Bertz CT molecular complexity index is 1030. The van der Waals surface area contributed by atoms with Crippen molar-refractivity contribution in [2.24, 2.45) is 0 Å². The summed E-state index contributed by atoms with van der Waals surface area (Å²) in [5.41, 5.74) is 3.98. The monoisotopic (exact) mass is 417 g/mol. The van der Waals surface area contributed by atoms with Crippen molar-refractivity contribution < 1.29 is 14.6 Å². The van der Waals surface area contributed by atoms with E-state index in [2.05, 4.69) is 34.7 Å². The average molecular weight is 418 g/mol. The molecule has 3 atom stereocenters. The molecule has 31 heavy (non-hydrogen) atoms. The predicted molar refractivity (Wildman–Crippen MR) is 121 cm³/mol. The molecule has 2 aromatic carbocycles. The van der Waals surface area contributed by atoms with Gasteiger partial charge in [-0.25, -0.2) is 4.98 Å². The SMILES string of the molecule is C[C@H](CO[C@@H](c1ccccc1)[C@H]1CNc2cccnc2N1)c1cccc(CC(=O)O)c1. The fraction of sp³-hybridized carbons (Fsp3) is 0.280. The Hall–Kier alpha value is -3.38. The Morgan fingerprint density at radius 3 is 2.74 bits per heavy atom. The van der Waals surface area contributed by atoms with Gasteiger partial charge in [0.2, 0.25) is 0 Å². The molecule has 0 amide bonds. The van der Waals surface area contributed by atoms with Gasteiger partial charge >= 0.3 is 5.97 Å². The second kappa shape index (κ2) is 9.62. The van der Waals surface area contributed by atoms with Crippen molar-refractivity contribution >= 4 is 17.5 Å². The van der Waals surface area contributed by atoms with Gasteiger partial charge in [-0.2, -0.15) is 0 Å². The number of benzene rings is 2. The van der Waals surface area contributed by atoms with Crippen LogP contribution < -0.4 is 10.6 Å². The molecule has 160 valence electrons. The zero-order chi connectivity index (χ0) is 21.6. The van der Waals surface area contributed by atoms with Crippen molar-refractivity contribution in [2.45, 2.75) is 31.4 Å². The molecule has 0 saturated carbocycles. The zero-order valence-corrected chi connectivity index (χ0v) is 17.5. The Balaban J connectivity index is 1.49. The Morgan fingerprint density at radius 2 is 1.94 bits per heavy atom. The van der Waals surface area contributed by atoms with E-state index in [0.29, 0.717) is 6.61 Å². The molecule has 0 saturated heterocycles. The number of carboxylic acid groups (broad SMARTS) is 1. The van der Waals surface area contributed by atoms with E-state index in [0.717, 1.165) is 34.7 Å². The number of rotatable bonds is 8. The van der Waals surface area contributed by atoms with E-state index in [4.69, 9.17) is 9.84 Å². The highest BCUT2D eigenvalue weighted by atomic mass is 16.5. The van der Waals surface area contributed by atoms with Gasteiger partial charge in [-0.3, -0.25) is 4.79 Å². The van der Waals surface area contributed by atoms with Crippen LogP contribution in [-0.2, 0) is 16.0 Å². The van der Waals surface area contributed by atoms with Crippen LogP contribution in [0, 0.1) is 0 Å². The third kappa shape index (κ3) is 5.22. The minimum atomic E-state index is -0.824. The first-order chi connectivity index (χ1) is 15.1. The topological polar surface area (TPSA) is 83.5 Å². The molecular weight excluding hydrogens is 390 g/mol. The van der Waals surface area contributed by atoms with Gasteiger partial charge in [-0.05, 0) is 28.8 Å². The van der Waals surface area contributed by atoms with Gasteiger partial charge in [-0.15, -0.1) is 0 Å². The van der Waals surface area contributed by atoms with Crippen LogP contribution in [0.4, 0.5) is 11.5 Å². The van der Waals surface area contributed by atoms with Crippen molar-refractivity contribution in [3.05, 3.63) is 89.6 Å². The number of carbonyl (C=O) groups is 1. The Morgan fingerprint density at radius 1 is 1.13 bits per heavy atom. The molecule has 6 nitrogen and oxygen atoms in total. The molecule has 1 aliphatic heterocycles. The van der Waals surface area contributed by atoms with Crippen LogP contribution >= 0.6 is 0 Å². The summed E-state index contributed by atoms with van der Waals surface area (Å²) in [4.78, 5) is 15.5. The number of anilines is 2. The fourth-order valence-corrected chi connectivity index (χ4v) is 3.91. The van der Waals surface area contributed by atoms with Crippen LogP contribution in [0.5, 0.6) is 0 Å². The van der Waals surface area contributed by atoms with Crippen LogP contribution in [0.3, 0.4) is 0 Å². The predicted octanol–water partition coefficient (Wildman–Crippen LogP) is 4.48. The highest BCUT2D eigenvalue weighted by Gasteiger charge is 2.28. The summed E-state index contributed by atoms with van der Waals surface area (Å²) in [6.07, 6.45) is 1.65. The van der Waals surface area contributed by atoms with Gasteiger partial charge in [-0.1, -0.05) is 61.5 Å². The van der Waals surface area contributed by atoms with Crippen LogP contribution in [0.2, 0.25) is 0 Å². The molecule has 3 N–H and O–H groups in total. The van der Waals surface area contributed by atoms with E-state index in [1.54, 1.807) is 6.20 Å². The van der Waals surface area contributed by atoms with E-state index in [-0.39, 0.29) is 24.5 Å². The first-order valence-electron chi connectivity index (χ1n) is 10.5. The quantitative estimate of drug-likeness (QED) is 0.501. The molecule has 1 aromatic heterocycles. The van der Waals surface area contributed by atoms with Crippen LogP contribution in [-0.4, -0.2) is 35.3 Å². The van der Waals surface area contributed by atoms with Crippen LogP contribution in [0.25, 0.3) is 0 Å². The summed E-state index contributed by atoms with van der Waals surface area (Å²) in [6.45, 7) is 3.34. The first-order valence-corrected chi connectivity index (χ1v) is 10.5. The summed E-state index contributed by atoms with van der Waals surface area (Å²) in [5.74, 6) is 0.134. The standard InChI is InChI=1S/C25H27N3O3/c1-17(20-10-5-7-18(13-20)14-23(29)30)16-31-24(19-8-3-2-4-9-19)22-15-27-21-11-6-12-26-25(21)28-22/h2-13,17,22,24,27H,14-16H2,1H3,(H,26,28)(H,29,30)/t17-,22-,24+/m1/s1. The molecule has 0 spiro atoms. The second-order valence-electron chi connectivity index (χ2n) is 7.91. The van der Waals surface area contributed by atoms with Gasteiger partial charge in [0.05, 0.1) is 24.8 Å². The van der Waals surface area contributed by atoms with Crippen molar-refractivity contribution in [1.29, 1.82) is 0 Å². The molecule has 3 aromatic rings. The van der Waals surface area contributed by atoms with E-state index in [1.165, 1.54) is 0 Å².